The van der Waals surface area contributed by atoms with Crippen LogP contribution in [0.2, 0.25) is 0 Å². The van der Waals surface area contributed by atoms with Crippen molar-refractivity contribution >= 4 is 28.3 Å². The number of anilines is 1. The molecule has 1 nitrogen and oxygen atoms in total. The highest BCUT2D eigenvalue weighted by atomic mass is 127. The van der Waals surface area contributed by atoms with Gasteiger partial charge in [0, 0.05) is 22.7 Å². The summed E-state index contributed by atoms with van der Waals surface area (Å²) < 4.78 is 1.17. The first-order valence-electron chi connectivity index (χ1n) is 5.09. The van der Waals surface area contributed by atoms with Gasteiger partial charge < -0.3 is 4.90 Å². The molecule has 0 amide bonds. The monoisotopic (exact) mass is 303 g/mol. The summed E-state index contributed by atoms with van der Waals surface area (Å²) >= 11 is 2.45. The minimum Gasteiger partial charge on any atom is -0.368 e. The zero-order valence-corrected chi connectivity index (χ0v) is 11.3. The zero-order valence-electron chi connectivity index (χ0n) is 9.13. The Balaban J connectivity index is 2.94. The van der Waals surface area contributed by atoms with Gasteiger partial charge in [-0.05, 0) is 32.4 Å². The summed E-state index contributed by atoms with van der Waals surface area (Å²) in [5.74, 6) is 0. The van der Waals surface area contributed by atoms with Gasteiger partial charge in [-0.15, -0.1) is 0 Å². The van der Waals surface area contributed by atoms with Crippen LogP contribution in [0.5, 0.6) is 0 Å². The highest BCUT2D eigenvalue weighted by Gasteiger charge is 2.12. The van der Waals surface area contributed by atoms with Gasteiger partial charge in [-0.3, -0.25) is 0 Å². The van der Waals surface area contributed by atoms with Crippen molar-refractivity contribution in [3.05, 3.63) is 29.8 Å². The molecule has 1 aromatic carbocycles. The number of nitrogens with zero attached hydrogens (tertiary/aromatic N) is 1. The molecule has 14 heavy (non-hydrogen) atoms. The van der Waals surface area contributed by atoms with Crippen molar-refractivity contribution in [2.75, 3.05) is 15.9 Å². The smallest absolute Gasteiger partial charge is 0.0398 e. The fraction of sp³-hybridized carbons (Fsp3) is 0.500. The SMILES string of the molecule is CCN(c1ccccc1C)[C@@H](C)CI. The zero-order chi connectivity index (χ0) is 10.6. The quantitative estimate of drug-likeness (QED) is 0.606. The normalized spacial score (nSPS) is 12.6. The van der Waals surface area contributed by atoms with Gasteiger partial charge in [0.15, 0.2) is 0 Å². The molecule has 0 heterocycles. The van der Waals surface area contributed by atoms with E-state index in [1.165, 1.54) is 15.7 Å². The molecule has 0 fully saturated rings. The first-order valence-corrected chi connectivity index (χ1v) is 6.61. The maximum Gasteiger partial charge on any atom is 0.0398 e. The van der Waals surface area contributed by atoms with Crippen LogP contribution in [0.15, 0.2) is 24.3 Å². The molecule has 0 aromatic heterocycles. The number of halogens is 1. The third kappa shape index (κ3) is 2.62. The van der Waals surface area contributed by atoms with Crippen LogP contribution in [-0.2, 0) is 0 Å². The molecule has 2 heteroatoms. The maximum atomic E-state index is 2.46. The van der Waals surface area contributed by atoms with Crippen molar-refractivity contribution in [2.45, 2.75) is 26.8 Å². The number of benzene rings is 1. The van der Waals surface area contributed by atoms with E-state index in [2.05, 4.69) is 72.5 Å². The topological polar surface area (TPSA) is 3.24 Å². The summed E-state index contributed by atoms with van der Waals surface area (Å²) in [7, 11) is 0. The molecule has 1 aromatic rings. The molecule has 0 N–H and O–H groups in total. The second-order valence-corrected chi connectivity index (χ2v) is 4.46. The molecule has 0 radical (unpaired) electrons. The Kier molecular flexibility index (Phi) is 4.72. The summed E-state index contributed by atoms with van der Waals surface area (Å²) in [4.78, 5) is 2.46. The molecule has 0 spiro atoms. The average molecular weight is 303 g/mol. The van der Waals surface area contributed by atoms with E-state index < -0.39 is 0 Å². The van der Waals surface area contributed by atoms with Crippen LogP contribution in [0.3, 0.4) is 0 Å². The van der Waals surface area contributed by atoms with Crippen molar-refractivity contribution in [1.82, 2.24) is 0 Å². The minimum absolute atomic E-state index is 0.613. The summed E-state index contributed by atoms with van der Waals surface area (Å²) in [6, 6.07) is 9.22. The van der Waals surface area contributed by atoms with E-state index in [4.69, 9.17) is 0 Å². The standard InChI is InChI=1S/C12H18IN/c1-4-14(11(3)9-13)12-8-6-5-7-10(12)2/h5-8,11H,4,9H2,1-3H3/t11-/m0/s1. The second-order valence-electron chi connectivity index (χ2n) is 3.58. The second kappa shape index (κ2) is 5.59. The molecule has 0 aliphatic rings. The lowest BCUT2D eigenvalue weighted by Gasteiger charge is -2.30. The summed E-state index contributed by atoms with van der Waals surface area (Å²) in [6.45, 7) is 7.75. The molecular formula is C12H18IN. The maximum absolute atomic E-state index is 2.46. The molecule has 0 aliphatic heterocycles. The van der Waals surface area contributed by atoms with Gasteiger partial charge in [-0.2, -0.15) is 0 Å². The van der Waals surface area contributed by atoms with E-state index in [0.29, 0.717) is 6.04 Å². The van der Waals surface area contributed by atoms with Crippen LogP contribution in [0.1, 0.15) is 19.4 Å². The van der Waals surface area contributed by atoms with Gasteiger partial charge in [-0.1, -0.05) is 40.8 Å². The van der Waals surface area contributed by atoms with E-state index in [-0.39, 0.29) is 0 Å². The molecule has 0 aliphatic carbocycles. The van der Waals surface area contributed by atoms with Crippen molar-refractivity contribution in [3.8, 4) is 0 Å². The van der Waals surface area contributed by atoms with Crippen molar-refractivity contribution < 1.29 is 0 Å². The third-order valence-electron chi connectivity index (χ3n) is 2.52. The molecule has 0 unspecified atom stereocenters. The minimum atomic E-state index is 0.613. The Morgan fingerprint density at radius 1 is 1.36 bits per heavy atom. The number of hydrogen-bond donors (Lipinski definition) is 0. The first kappa shape index (κ1) is 11.8. The van der Waals surface area contributed by atoms with Crippen molar-refractivity contribution in [3.63, 3.8) is 0 Å². The Labute approximate surface area is 101 Å². The number of hydrogen-bond acceptors (Lipinski definition) is 1. The summed E-state index contributed by atoms with van der Waals surface area (Å²) in [5, 5.41) is 0. The Morgan fingerprint density at radius 2 is 2.00 bits per heavy atom. The van der Waals surface area contributed by atoms with E-state index in [0.717, 1.165) is 6.54 Å². The Bertz CT molecular complexity index is 285. The van der Waals surface area contributed by atoms with Crippen LogP contribution in [0.25, 0.3) is 0 Å². The summed E-state index contributed by atoms with van der Waals surface area (Å²) in [6.07, 6.45) is 0. The molecule has 0 saturated carbocycles. The predicted molar refractivity (Wildman–Crippen MR) is 72.5 cm³/mol. The Hall–Kier alpha value is -0.250. The number of para-hydroxylation sites is 1. The summed E-state index contributed by atoms with van der Waals surface area (Å²) in [5.41, 5.74) is 2.74. The van der Waals surface area contributed by atoms with Gasteiger partial charge in [0.1, 0.15) is 0 Å². The van der Waals surface area contributed by atoms with Crippen LogP contribution < -0.4 is 4.90 Å². The number of alkyl halides is 1. The van der Waals surface area contributed by atoms with Crippen LogP contribution >= 0.6 is 22.6 Å². The van der Waals surface area contributed by atoms with Gasteiger partial charge >= 0.3 is 0 Å². The van der Waals surface area contributed by atoms with E-state index in [9.17, 15) is 0 Å². The van der Waals surface area contributed by atoms with Gasteiger partial charge in [0.25, 0.3) is 0 Å². The number of rotatable bonds is 4. The fourth-order valence-electron chi connectivity index (χ4n) is 1.69. The number of aryl methyl sites for hydroxylation is 1. The van der Waals surface area contributed by atoms with Crippen LogP contribution in [-0.4, -0.2) is 17.0 Å². The van der Waals surface area contributed by atoms with Crippen LogP contribution in [0.4, 0.5) is 5.69 Å². The van der Waals surface area contributed by atoms with E-state index >= 15 is 0 Å². The average Bonchev–Trinajstić information content (AvgIpc) is 2.21. The largest absolute Gasteiger partial charge is 0.368 e. The lowest BCUT2D eigenvalue weighted by molar-refractivity contribution is 0.717. The highest BCUT2D eigenvalue weighted by molar-refractivity contribution is 14.1. The molecule has 1 rings (SSSR count). The Morgan fingerprint density at radius 3 is 2.50 bits per heavy atom. The predicted octanol–water partition coefficient (Wildman–Crippen LogP) is 3.64. The lowest BCUT2D eigenvalue weighted by atomic mass is 10.1. The highest BCUT2D eigenvalue weighted by Crippen LogP contribution is 2.21. The fourth-order valence-corrected chi connectivity index (χ4v) is 2.16. The first-order chi connectivity index (χ1) is 6.70. The van der Waals surface area contributed by atoms with Gasteiger partial charge in [-0.25, -0.2) is 0 Å². The van der Waals surface area contributed by atoms with E-state index in [1.807, 2.05) is 0 Å². The molecule has 1 atom stereocenters. The third-order valence-corrected chi connectivity index (χ3v) is 3.80. The van der Waals surface area contributed by atoms with Crippen LogP contribution in [0, 0.1) is 6.92 Å². The molecule has 0 bridgehead atoms. The lowest BCUT2D eigenvalue weighted by Crippen LogP contribution is -2.34. The van der Waals surface area contributed by atoms with Gasteiger partial charge in [0.2, 0.25) is 0 Å². The molecule has 0 saturated heterocycles. The van der Waals surface area contributed by atoms with Crippen molar-refractivity contribution in [2.24, 2.45) is 0 Å². The van der Waals surface area contributed by atoms with Gasteiger partial charge in [0.05, 0.1) is 0 Å². The molecular weight excluding hydrogens is 285 g/mol. The van der Waals surface area contributed by atoms with Crippen molar-refractivity contribution in [1.29, 1.82) is 0 Å². The van der Waals surface area contributed by atoms with E-state index in [1.54, 1.807) is 0 Å². The molecule has 78 valence electrons.